The van der Waals surface area contributed by atoms with E-state index in [1.807, 2.05) is 23.0 Å². The maximum Gasteiger partial charge on any atom is 0.0679 e. The van der Waals surface area contributed by atoms with E-state index in [1.165, 1.54) is 5.56 Å². The summed E-state index contributed by atoms with van der Waals surface area (Å²) < 4.78 is 3.88. The highest BCUT2D eigenvalue weighted by atomic mass is 79.9. The number of nitrogens with two attached hydrogens (primary N) is 1. The van der Waals surface area contributed by atoms with Crippen LogP contribution in [0.15, 0.2) is 39.5 Å². The molecule has 16 heavy (non-hydrogen) atoms. The average molecular weight is 345 g/mol. The van der Waals surface area contributed by atoms with Crippen molar-refractivity contribution in [3.63, 3.8) is 0 Å². The van der Waals surface area contributed by atoms with Gasteiger partial charge in [0.05, 0.1) is 16.4 Å². The molecule has 2 rings (SSSR count). The second-order valence-corrected chi connectivity index (χ2v) is 5.25. The van der Waals surface area contributed by atoms with Crippen LogP contribution in [-0.2, 0) is 6.42 Å². The highest BCUT2D eigenvalue weighted by Gasteiger charge is 2.06. The Morgan fingerprint density at radius 2 is 2.06 bits per heavy atom. The summed E-state index contributed by atoms with van der Waals surface area (Å²) in [6.07, 6.45) is 4.55. The fourth-order valence-electron chi connectivity index (χ4n) is 1.57. The van der Waals surface area contributed by atoms with Gasteiger partial charge in [0.15, 0.2) is 0 Å². The first kappa shape index (κ1) is 11.8. The van der Waals surface area contributed by atoms with Gasteiger partial charge >= 0.3 is 0 Å². The third-order valence-corrected chi connectivity index (χ3v) is 3.16. The van der Waals surface area contributed by atoms with Crippen LogP contribution in [-0.4, -0.2) is 16.3 Å². The van der Waals surface area contributed by atoms with Crippen LogP contribution < -0.4 is 5.73 Å². The van der Waals surface area contributed by atoms with Crippen molar-refractivity contribution in [2.24, 2.45) is 5.73 Å². The second kappa shape index (κ2) is 5.12. The summed E-state index contributed by atoms with van der Waals surface area (Å²) in [4.78, 5) is 0. The van der Waals surface area contributed by atoms with Crippen molar-refractivity contribution in [2.45, 2.75) is 6.42 Å². The molecule has 0 aliphatic heterocycles. The summed E-state index contributed by atoms with van der Waals surface area (Å²) in [5.74, 6) is 0. The van der Waals surface area contributed by atoms with Gasteiger partial charge in [0.25, 0.3) is 0 Å². The number of hydrogen-bond donors (Lipinski definition) is 1. The number of aromatic nitrogens is 2. The number of benzene rings is 1. The van der Waals surface area contributed by atoms with E-state index in [0.29, 0.717) is 6.54 Å². The monoisotopic (exact) mass is 343 g/mol. The summed E-state index contributed by atoms with van der Waals surface area (Å²) in [5.41, 5.74) is 7.86. The van der Waals surface area contributed by atoms with Gasteiger partial charge in [-0.05, 0) is 52.7 Å². The minimum absolute atomic E-state index is 0.631. The molecule has 84 valence electrons. The first-order valence-corrected chi connectivity index (χ1v) is 6.48. The third kappa shape index (κ3) is 2.53. The summed E-state index contributed by atoms with van der Waals surface area (Å²) in [6, 6.07) is 6.12. The van der Waals surface area contributed by atoms with E-state index < -0.39 is 0 Å². The van der Waals surface area contributed by atoms with Crippen LogP contribution in [0.2, 0.25) is 0 Å². The van der Waals surface area contributed by atoms with Gasteiger partial charge in [-0.3, -0.25) is 0 Å². The Kier molecular flexibility index (Phi) is 3.78. The van der Waals surface area contributed by atoms with Crippen LogP contribution in [0, 0.1) is 0 Å². The van der Waals surface area contributed by atoms with Gasteiger partial charge in [-0.15, -0.1) is 0 Å². The molecule has 0 atom stereocenters. The van der Waals surface area contributed by atoms with Crippen LogP contribution in [0.25, 0.3) is 5.69 Å². The lowest BCUT2D eigenvalue weighted by molar-refractivity contribution is 0.850. The molecule has 2 aromatic rings. The number of halogens is 2. The quantitative estimate of drug-likeness (QED) is 0.930. The van der Waals surface area contributed by atoms with E-state index >= 15 is 0 Å². The molecular formula is C11H11Br2N3. The van der Waals surface area contributed by atoms with Crippen molar-refractivity contribution < 1.29 is 0 Å². The van der Waals surface area contributed by atoms with Gasteiger partial charge in [-0.1, -0.05) is 15.9 Å². The molecule has 0 aliphatic rings. The maximum absolute atomic E-state index is 5.61. The van der Waals surface area contributed by atoms with Gasteiger partial charge in [0, 0.05) is 10.7 Å². The minimum atomic E-state index is 0.631. The van der Waals surface area contributed by atoms with Crippen LogP contribution in [0.5, 0.6) is 0 Å². The summed E-state index contributed by atoms with van der Waals surface area (Å²) in [7, 11) is 0. The molecule has 0 spiro atoms. The molecule has 5 heteroatoms. The van der Waals surface area contributed by atoms with Gasteiger partial charge < -0.3 is 5.73 Å². The summed E-state index contributed by atoms with van der Waals surface area (Å²) in [6.45, 7) is 0.631. The summed E-state index contributed by atoms with van der Waals surface area (Å²) >= 11 is 6.85. The zero-order valence-corrected chi connectivity index (χ0v) is 11.7. The molecule has 2 N–H and O–H groups in total. The highest BCUT2D eigenvalue weighted by Crippen LogP contribution is 2.21. The van der Waals surface area contributed by atoms with Crippen molar-refractivity contribution in [1.29, 1.82) is 0 Å². The smallest absolute Gasteiger partial charge is 0.0679 e. The van der Waals surface area contributed by atoms with Crippen LogP contribution in [0.1, 0.15) is 5.56 Å². The molecule has 0 unspecified atom stereocenters. The molecule has 1 aromatic carbocycles. The third-order valence-electron chi connectivity index (χ3n) is 2.25. The molecule has 0 aliphatic carbocycles. The molecule has 0 fully saturated rings. The summed E-state index contributed by atoms with van der Waals surface area (Å²) in [5, 5.41) is 4.27. The highest BCUT2D eigenvalue weighted by molar-refractivity contribution is 9.10. The van der Waals surface area contributed by atoms with E-state index in [1.54, 1.807) is 6.20 Å². The molecule has 0 amide bonds. The lowest BCUT2D eigenvalue weighted by Crippen LogP contribution is -2.07. The Balaban J connectivity index is 2.47. The topological polar surface area (TPSA) is 43.8 Å². The van der Waals surface area contributed by atoms with Gasteiger partial charge in [-0.2, -0.15) is 5.10 Å². The zero-order chi connectivity index (χ0) is 11.5. The van der Waals surface area contributed by atoms with E-state index in [4.69, 9.17) is 5.73 Å². The second-order valence-electron chi connectivity index (χ2n) is 3.41. The lowest BCUT2D eigenvalue weighted by atomic mass is 10.1. The van der Waals surface area contributed by atoms with Crippen molar-refractivity contribution in [2.75, 3.05) is 6.54 Å². The molecular weight excluding hydrogens is 334 g/mol. The van der Waals surface area contributed by atoms with Crippen molar-refractivity contribution in [3.05, 3.63) is 45.1 Å². The van der Waals surface area contributed by atoms with Crippen molar-refractivity contribution in [3.8, 4) is 5.69 Å². The normalized spacial score (nSPS) is 10.7. The molecule has 0 bridgehead atoms. The predicted molar refractivity (Wildman–Crippen MR) is 71.7 cm³/mol. The Morgan fingerprint density at radius 3 is 2.69 bits per heavy atom. The SMILES string of the molecule is NCCc1cc(Br)ccc1-n1cc(Br)cn1. The standard InChI is InChI=1S/C11H11Br2N3/c12-9-1-2-11(8(5-9)3-4-14)16-7-10(13)6-15-16/h1-2,5-7H,3-4,14H2. The predicted octanol–water partition coefficient (Wildman–Crippen LogP) is 2.90. The Hall–Kier alpha value is -0.650. The Bertz CT molecular complexity index is 494. The van der Waals surface area contributed by atoms with E-state index in [2.05, 4.69) is 43.0 Å². The first-order chi connectivity index (χ1) is 7.70. The van der Waals surface area contributed by atoms with E-state index in [-0.39, 0.29) is 0 Å². The minimum Gasteiger partial charge on any atom is -0.330 e. The number of rotatable bonds is 3. The fourth-order valence-corrected chi connectivity index (χ4v) is 2.26. The largest absolute Gasteiger partial charge is 0.330 e. The molecule has 1 aromatic heterocycles. The van der Waals surface area contributed by atoms with Crippen molar-refractivity contribution >= 4 is 31.9 Å². The maximum atomic E-state index is 5.61. The fraction of sp³-hybridized carbons (Fsp3) is 0.182. The lowest BCUT2D eigenvalue weighted by Gasteiger charge is -2.09. The van der Waals surface area contributed by atoms with Gasteiger partial charge in [0.2, 0.25) is 0 Å². The Labute approximate surface area is 111 Å². The molecule has 0 saturated carbocycles. The average Bonchev–Trinajstić information content (AvgIpc) is 2.65. The molecule has 1 heterocycles. The van der Waals surface area contributed by atoms with Gasteiger partial charge in [-0.25, -0.2) is 4.68 Å². The molecule has 0 radical (unpaired) electrons. The van der Waals surface area contributed by atoms with E-state index in [0.717, 1.165) is 21.1 Å². The number of nitrogens with zero attached hydrogens (tertiary/aromatic N) is 2. The van der Waals surface area contributed by atoms with Crippen LogP contribution in [0.4, 0.5) is 0 Å². The Morgan fingerprint density at radius 1 is 1.25 bits per heavy atom. The van der Waals surface area contributed by atoms with Crippen LogP contribution >= 0.6 is 31.9 Å². The van der Waals surface area contributed by atoms with Gasteiger partial charge in [0.1, 0.15) is 0 Å². The molecule has 3 nitrogen and oxygen atoms in total. The molecule has 0 saturated heterocycles. The van der Waals surface area contributed by atoms with Crippen LogP contribution in [0.3, 0.4) is 0 Å². The first-order valence-electron chi connectivity index (χ1n) is 4.90. The van der Waals surface area contributed by atoms with E-state index in [9.17, 15) is 0 Å². The van der Waals surface area contributed by atoms with Crippen molar-refractivity contribution in [1.82, 2.24) is 9.78 Å². The zero-order valence-electron chi connectivity index (χ0n) is 8.53. The number of hydrogen-bond acceptors (Lipinski definition) is 2.